The maximum Gasteiger partial charge on any atom is 0.243 e. The molecule has 1 unspecified atom stereocenters. The normalized spacial score (nSPS) is 27.2. The summed E-state index contributed by atoms with van der Waals surface area (Å²) in [6.07, 6.45) is 4.17. The lowest BCUT2D eigenvalue weighted by Gasteiger charge is -2.44. The summed E-state index contributed by atoms with van der Waals surface area (Å²) in [5.74, 6) is 0.375. The van der Waals surface area contributed by atoms with Crippen molar-refractivity contribution in [3.8, 4) is 0 Å². The van der Waals surface area contributed by atoms with Crippen LogP contribution < -0.4 is 0 Å². The minimum atomic E-state index is -3.69. The van der Waals surface area contributed by atoms with Crippen molar-refractivity contribution in [3.05, 3.63) is 30.3 Å². The molecule has 0 bridgehead atoms. The molecule has 160 valence electrons. The average Bonchev–Trinajstić information content (AvgIpc) is 3.22. The summed E-state index contributed by atoms with van der Waals surface area (Å²) < 4.78 is 50.9. The summed E-state index contributed by atoms with van der Waals surface area (Å²) in [4.78, 5) is 15.2. The van der Waals surface area contributed by atoms with E-state index < -0.39 is 25.9 Å². The second-order valence-electron chi connectivity index (χ2n) is 8.56. The molecule has 1 aromatic rings. The number of carbonyl (C=O) groups is 1. The molecule has 3 saturated heterocycles. The molecule has 0 aromatic heterocycles. The second-order valence-corrected chi connectivity index (χ2v) is 12.8. The van der Waals surface area contributed by atoms with Crippen molar-refractivity contribution in [1.29, 1.82) is 0 Å². The molecule has 9 heteroatoms. The Labute approximate surface area is 173 Å². The van der Waals surface area contributed by atoms with Gasteiger partial charge in [-0.25, -0.2) is 16.8 Å². The molecule has 1 spiro atoms. The van der Waals surface area contributed by atoms with Gasteiger partial charge in [-0.2, -0.15) is 4.31 Å². The van der Waals surface area contributed by atoms with Gasteiger partial charge < -0.3 is 4.90 Å². The van der Waals surface area contributed by atoms with Crippen LogP contribution >= 0.6 is 0 Å². The molecule has 4 rings (SSSR count). The van der Waals surface area contributed by atoms with E-state index >= 15 is 0 Å². The van der Waals surface area contributed by atoms with Crippen LogP contribution in [0.4, 0.5) is 0 Å². The molecular formula is C20H28N2O5S2. The number of likely N-dealkylation sites (tertiary alicyclic amines) is 1. The van der Waals surface area contributed by atoms with Crippen LogP contribution in [0.3, 0.4) is 0 Å². The first-order chi connectivity index (χ1) is 13.7. The van der Waals surface area contributed by atoms with Crippen LogP contribution in [0.25, 0.3) is 0 Å². The summed E-state index contributed by atoms with van der Waals surface area (Å²) in [5.41, 5.74) is 0.0214. The van der Waals surface area contributed by atoms with Crippen LogP contribution in [0.5, 0.6) is 0 Å². The van der Waals surface area contributed by atoms with E-state index in [1.165, 1.54) is 4.31 Å². The van der Waals surface area contributed by atoms with Crippen molar-refractivity contribution in [1.82, 2.24) is 9.21 Å². The molecule has 1 atom stereocenters. The fourth-order valence-corrected chi connectivity index (χ4v) is 8.25. The van der Waals surface area contributed by atoms with Gasteiger partial charge in [0, 0.05) is 19.6 Å². The lowest BCUT2D eigenvalue weighted by Crippen LogP contribution is -2.52. The highest BCUT2D eigenvalue weighted by Crippen LogP contribution is 2.42. The Balaban J connectivity index is 1.43. The Kier molecular flexibility index (Phi) is 5.50. The lowest BCUT2D eigenvalue weighted by atomic mass is 9.74. The van der Waals surface area contributed by atoms with E-state index in [4.69, 9.17) is 0 Å². The SMILES string of the molecule is O=C(C1CCCN1S(=O)(=O)c1ccccc1)N1CCC2(CC1)CCS(=O)(=O)CC2. The predicted octanol–water partition coefficient (Wildman–Crippen LogP) is 1.66. The zero-order valence-electron chi connectivity index (χ0n) is 16.5. The minimum absolute atomic E-state index is 0.0214. The van der Waals surface area contributed by atoms with E-state index in [1.54, 1.807) is 35.2 Å². The third-order valence-electron chi connectivity index (χ3n) is 6.86. The van der Waals surface area contributed by atoms with Gasteiger partial charge in [-0.1, -0.05) is 18.2 Å². The first kappa shape index (κ1) is 20.8. The monoisotopic (exact) mass is 440 g/mol. The van der Waals surface area contributed by atoms with Gasteiger partial charge in [0.05, 0.1) is 16.4 Å². The number of sulfonamides is 1. The molecule has 1 amide bonds. The lowest BCUT2D eigenvalue weighted by molar-refractivity contribution is -0.137. The van der Waals surface area contributed by atoms with E-state index in [9.17, 15) is 21.6 Å². The smallest absolute Gasteiger partial charge is 0.243 e. The third-order valence-corrected chi connectivity index (χ3v) is 10.4. The molecule has 1 aromatic carbocycles. The first-order valence-corrected chi connectivity index (χ1v) is 13.5. The summed E-state index contributed by atoms with van der Waals surface area (Å²) in [5, 5.41) is 0. The molecule has 3 aliphatic rings. The maximum atomic E-state index is 13.2. The van der Waals surface area contributed by atoms with Crippen molar-refractivity contribution < 1.29 is 21.6 Å². The molecule has 0 saturated carbocycles. The van der Waals surface area contributed by atoms with E-state index in [1.807, 2.05) is 0 Å². The highest BCUT2D eigenvalue weighted by Gasteiger charge is 2.44. The summed E-state index contributed by atoms with van der Waals surface area (Å²) in [6, 6.07) is 7.64. The van der Waals surface area contributed by atoms with Crippen LogP contribution in [-0.2, 0) is 24.7 Å². The van der Waals surface area contributed by atoms with E-state index in [0.717, 1.165) is 12.8 Å². The Morgan fingerprint density at radius 2 is 1.59 bits per heavy atom. The first-order valence-electron chi connectivity index (χ1n) is 10.3. The fraction of sp³-hybridized carbons (Fsp3) is 0.650. The van der Waals surface area contributed by atoms with Gasteiger partial charge in [0.15, 0.2) is 0 Å². The number of benzene rings is 1. The second kappa shape index (κ2) is 7.67. The highest BCUT2D eigenvalue weighted by atomic mass is 32.2. The van der Waals surface area contributed by atoms with Crippen LogP contribution in [0, 0.1) is 5.41 Å². The Bertz CT molecular complexity index is 951. The highest BCUT2D eigenvalue weighted by molar-refractivity contribution is 7.91. The van der Waals surface area contributed by atoms with Gasteiger partial charge >= 0.3 is 0 Å². The van der Waals surface area contributed by atoms with Gasteiger partial charge in [0.2, 0.25) is 15.9 Å². The number of sulfone groups is 1. The van der Waals surface area contributed by atoms with E-state index in [0.29, 0.717) is 45.3 Å². The number of hydrogen-bond donors (Lipinski definition) is 0. The fourth-order valence-electron chi connectivity index (χ4n) is 4.89. The van der Waals surface area contributed by atoms with Gasteiger partial charge in [0.25, 0.3) is 0 Å². The number of piperidine rings is 1. The summed E-state index contributed by atoms with van der Waals surface area (Å²) >= 11 is 0. The minimum Gasteiger partial charge on any atom is -0.341 e. The average molecular weight is 441 g/mol. The zero-order valence-corrected chi connectivity index (χ0v) is 18.1. The summed E-state index contributed by atoms with van der Waals surface area (Å²) in [7, 11) is -6.60. The molecule has 0 N–H and O–H groups in total. The van der Waals surface area contributed by atoms with Gasteiger partial charge in [-0.05, 0) is 56.1 Å². The standard InChI is InChI=1S/C20H28N2O5S2/c23-19(21-13-8-20(9-14-21)10-15-28(24,25)16-11-20)18-7-4-12-22(18)29(26,27)17-5-2-1-3-6-17/h1-3,5-6,18H,4,7-16H2. The third kappa shape index (κ3) is 4.09. The van der Waals surface area contributed by atoms with Crippen LogP contribution in [0.1, 0.15) is 38.5 Å². The Morgan fingerprint density at radius 1 is 0.966 bits per heavy atom. The summed E-state index contributed by atoms with van der Waals surface area (Å²) in [6.45, 7) is 1.52. The van der Waals surface area contributed by atoms with Gasteiger partial charge in [-0.3, -0.25) is 4.79 Å². The van der Waals surface area contributed by atoms with Crippen LogP contribution in [0.2, 0.25) is 0 Å². The van der Waals surface area contributed by atoms with Crippen molar-refractivity contribution in [2.24, 2.45) is 5.41 Å². The van der Waals surface area contributed by atoms with Crippen molar-refractivity contribution in [3.63, 3.8) is 0 Å². The van der Waals surface area contributed by atoms with Crippen LogP contribution in [0.15, 0.2) is 35.2 Å². The van der Waals surface area contributed by atoms with Crippen molar-refractivity contribution >= 4 is 25.8 Å². The molecule has 0 aliphatic carbocycles. The predicted molar refractivity (Wildman–Crippen MR) is 109 cm³/mol. The van der Waals surface area contributed by atoms with Gasteiger partial charge in [-0.15, -0.1) is 0 Å². The number of hydrogen-bond acceptors (Lipinski definition) is 5. The molecule has 29 heavy (non-hydrogen) atoms. The number of rotatable bonds is 3. The van der Waals surface area contributed by atoms with Crippen molar-refractivity contribution in [2.75, 3.05) is 31.1 Å². The largest absolute Gasteiger partial charge is 0.341 e. The Morgan fingerprint density at radius 3 is 2.21 bits per heavy atom. The van der Waals surface area contributed by atoms with Crippen LogP contribution in [-0.4, -0.2) is 69.1 Å². The Hall–Kier alpha value is -1.45. The zero-order chi connectivity index (χ0) is 20.7. The molecular weight excluding hydrogens is 412 g/mol. The quantitative estimate of drug-likeness (QED) is 0.713. The molecule has 0 radical (unpaired) electrons. The number of amides is 1. The molecule has 3 heterocycles. The molecule has 3 fully saturated rings. The van der Waals surface area contributed by atoms with E-state index in [-0.39, 0.29) is 27.7 Å². The molecule has 7 nitrogen and oxygen atoms in total. The van der Waals surface area contributed by atoms with E-state index in [2.05, 4.69) is 0 Å². The number of nitrogens with zero attached hydrogens (tertiary/aromatic N) is 2. The molecule has 3 aliphatic heterocycles. The number of carbonyl (C=O) groups excluding carboxylic acids is 1. The van der Waals surface area contributed by atoms with Gasteiger partial charge in [0.1, 0.15) is 15.9 Å². The topological polar surface area (TPSA) is 91.8 Å². The van der Waals surface area contributed by atoms with Crippen molar-refractivity contribution in [2.45, 2.75) is 49.5 Å². The maximum absolute atomic E-state index is 13.2.